The van der Waals surface area contributed by atoms with E-state index in [-0.39, 0.29) is 0 Å². The summed E-state index contributed by atoms with van der Waals surface area (Å²) in [6.07, 6.45) is 3.64. The first-order valence-corrected chi connectivity index (χ1v) is 5.38. The van der Waals surface area contributed by atoms with Crippen LogP contribution < -0.4 is 4.90 Å². The van der Waals surface area contributed by atoms with Gasteiger partial charge < -0.3 is 4.90 Å². The highest BCUT2D eigenvalue weighted by Gasteiger charge is 2.01. The maximum absolute atomic E-state index is 4.00. The van der Waals surface area contributed by atoms with Crippen LogP contribution in [-0.2, 0) is 6.54 Å². The van der Waals surface area contributed by atoms with Gasteiger partial charge in [-0.2, -0.15) is 0 Å². The van der Waals surface area contributed by atoms with Gasteiger partial charge in [-0.3, -0.25) is 4.98 Å². The van der Waals surface area contributed by atoms with Gasteiger partial charge >= 0.3 is 0 Å². The van der Waals surface area contributed by atoms with Crippen LogP contribution in [0.1, 0.15) is 4.88 Å². The lowest BCUT2D eigenvalue weighted by atomic mass is 10.3. The minimum absolute atomic E-state index is 0.960. The molecule has 0 unspecified atom stereocenters. The van der Waals surface area contributed by atoms with Crippen molar-refractivity contribution in [3.8, 4) is 0 Å². The largest absolute Gasteiger partial charge is 0.369 e. The van der Waals surface area contributed by atoms with Gasteiger partial charge in [-0.15, -0.1) is 11.3 Å². The lowest BCUT2D eigenvalue weighted by Gasteiger charge is -2.17. The Bertz CT molecular complexity index is 369. The number of rotatable bonds is 3. The molecule has 72 valence electrons. The summed E-state index contributed by atoms with van der Waals surface area (Å²) in [5, 5.41) is 2.11. The van der Waals surface area contributed by atoms with Crippen LogP contribution >= 0.6 is 11.3 Å². The van der Waals surface area contributed by atoms with Gasteiger partial charge in [-0.25, -0.2) is 0 Å². The Morgan fingerprint density at radius 1 is 1.29 bits per heavy atom. The van der Waals surface area contributed by atoms with E-state index >= 15 is 0 Å². The molecule has 0 atom stereocenters. The van der Waals surface area contributed by atoms with E-state index in [1.54, 1.807) is 11.3 Å². The fraction of sp³-hybridized carbons (Fsp3) is 0.182. The lowest BCUT2D eigenvalue weighted by molar-refractivity contribution is 0.938. The van der Waals surface area contributed by atoms with Gasteiger partial charge in [0.25, 0.3) is 0 Å². The van der Waals surface area contributed by atoms with E-state index < -0.39 is 0 Å². The highest BCUT2D eigenvalue weighted by Crippen LogP contribution is 2.16. The molecule has 0 bridgehead atoms. The summed E-state index contributed by atoms with van der Waals surface area (Å²) in [6, 6.07) is 8.28. The molecule has 3 heteroatoms. The molecule has 0 spiro atoms. The van der Waals surface area contributed by atoms with Gasteiger partial charge in [0.15, 0.2) is 0 Å². The summed E-state index contributed by atoms with van der Waals surface area (Å²) in [5.74, 6) is 0. The monoisotopic (exact) mass is 204 g/mol. The molecule has 0 saturated heterocycles. The van der Waals surface area contributed by atoms with Crippen LogP contribution in [0.3, 0.4) is 0 Å². The second-order valence-corrected chi connectivity index (χ2v) is 4.17. The number of anilines is 1. The van der Waals surface area contributed by atoms with Gasteiger partial charge in [-0.1, -0.05) is 6.07 Å². The Labute approximate surface area is 87.8 Å². The summed E-state index contributed by atoms with van der Waals surface area (Å²) in [7, 11) is 2.09. The smallest absolute Gasteiger partial charge is 0.0519 e. The first-order chi connectivity index (χ1) is 6.86. The molecule has 0 aliphatic carbocycles. The molecule has 2 aromatic rings. The molecule has 0 N–H and O–H groups in total. The third kappa shape index (κ3) is 2.12. The highest BCUT2D eigenvalue weighted by molar-refractivity contribution is 7.09. The summed E-state index contributed by atoms with van der Waals surface area (Å²) in [4.78, 5) is 7.60. The molecule has 2 nitrogen and oxygen atoms in total. The maximum atomic E-state index is 4.00. The van der Waals surface area contributed by atoms with Gasteiger partial charge in [0, 0.05) is 30.0 Å². The molecule has 2 heterocycles. The first kappa shape index (κ1) is 9.21. The topological polar surface area (TPSA) is 16.1 Å². The maximum Gasteiger partial charge on any atom is 0.0519 e. The quantitative estimate of drug-likeness (QED) is 0.764. The second kappa shape index (κ2) is 4.24. The third-order valence-corrected chi connectivity index (χ3v) is 2.94. The van der Waals surface area contributed by atoms with E-state index in [2.05, 4.69) is 34.4 Å². The van der Waals surface area contributed by atoms with Crippen LogP contribution in [-0.4, -0.2) is 12.0 Å². The minimum atomic E-state index is 0.960. The van der Waals surface area contributed by atoms with Gasteiger partial charge in [0.05, 0.1) is 6.54 Å². The fourth-order valence-corrected chi connectivity index (χ4v) is 2.08. The predicted octanol–water partition coefficient (Wildman–Crippen LogP) is 2.78. The zero-order valence-electron chi connectivity index (χ0n) is 8.05. The molecule has 2 aromatic heterocycles. The van der Waals surface area contributed by atoms with E-state index in [4.69, 9.17) is 0 Å². The van der Waals surface area contributed by atoms with Crippen LogP contribution in [0.25, 0.3) is 0 Å². The Balaban J connectivity index is 2.07. The standard InChI is InChI=1S/C11H12N2S/c1-13(9-11-3-2-8-14-11)10-4-6-12-7-5-10/h2-8H,9H2,1H3. The number of thiophene rings is 1. The third-order valence-electron chi connectivity index (χ3n) is 2.08. The first-order valence-electron chi connectivity index (χ1n) is 4.50. The Morgan fingerprint density at radius 3 is 2.71 bits per heavy atom. The summed E-state index contributed by atoms with van der Waals surface area (Å²) < 4.78 is 0. The average Bonchev–Trinajstić information content (AvgIpc) is 2.72. The minimum Gasteiger partial charge on any atom is -0.369 e. The van der Waals surface area contributed by atoms with E-state index in [9.17, 15) is 0 Å². The molecule has 0 radical (unpaired) electrons. The summed E-state index contributed by atoms with van der Waals surface area (Å²) in [5.41, 5.74) is 1.20. The molecule has 0 aliphatic heterocycles. The Hall–Kier alpha value is -1.35. The fourth-order valence-electron chi connectivity index (χ4n) is 1.33. The van der Waals surface area contributed by atoms with Crippen molar-refractivity contribution in [1.29, 1.82) is 0 Å². The van der Waals surface area contributed by atoms with E-state index in [1.165, 1.54) is 10.6 Å². The van der Waals surface area contributed by atoms with E-state index in [1.807, 2.05) is 24.5 Å². The van der Waals surface area contributed by atoms with Crippen LogP contribution in [0, 0.1) is 0 Å². The van der Waals surface area contributed by atoms with Crippen molar-refractivity contribution in [1.82, 2.24) is 4.98 Å². The van der Waals surface area contributed by atoms with Crippen LogP contribution in [0.2, 0.25) is 0 Å². The molecule has 0 aromatic carbocycles. The van der Waals surface area contributed by atoms with Gasteiger partial charge in [0.1, 0.15) is 0 Å². The normalized spacial score (nSPS) is 10.1. The molecule has 0 saturated carbocycles. The number of pyridine rings is 1. The Morgan fingerprint density at radius 2 is 2.07 bits per heavy atom. The van der Waals surface area contributed by atoms with Crippen molar-refractivity contribution in [2.75, 3.05) is 11.9 Å². The SMILES string of the molecule is CN(Cc1cccs1)c1ccncc1. The number of hydrogen-bond donors (Lipinski definition) is 0. The molecular formula is C11H12N2S. The zero-order valence-corrected chi connectivity index (χ0v) is 8.87. The lowest BCUT2D eigenvalue weighted by Crippen LogP contribution is -2.15. The van der Waals surface area contributed by atoms with Crippen LogP contribution in [0.4, 0.5) is 5.69 Å². The van der Waals surface area contributed by atoms with E-state index in [0.717, 1.165) is 6.54 Å². The number of nitrogens with zero attached hydrogens (tertiary/aromatic N) is 2. The Kier molecular flexibility index (Phi) is 2.79. The summed E-state index contributed by atoms with van der Waals surface area (Å²) >= 11 is 1.79. The second-order valence-electron chi connectivity index (χ2n) is 3.14. The average molecular weight is 204 g/mol. The molecule has 0 aliphatic rings. The number of aromatic nitrogens is 1. The van der Waals surface area contributed by atoms with E-state index in [0.29, 0.717) is 0 Å². The molecule has 0 amide bonds. The van der Waals surface area contributed by atoms with Crippen molar-refractivity contribution < 1.29 is 0 Å². The van der Waals surface area contributed by atoms with Crippen molar-refractivity contribution in [3.63, 3.8) is 0 Å². The molecule has 14 heavy (non-hydrogen) atoms. The van der Waals surface area contributed by atoms with Crippen molar-refractivity contribution in [3.05, 3.63) is 46.9 Å². The van der Waals surface area contributed by atoms with Crippen molar-refractivity contribution in [2.45, 2.75) is 6.54 Å². The van der Waals surface area contributed by atoms with Crippen LogP contribution in [0.5, 0.6) is 0 Å². The van der Waals surface area contributed by atoms with Crippen molar-refractivity contribution >= 4 is 17.0 Å². The number of hydrogen-bond acceptors (Lipinski definition) is 3. The highest BCUT2D eigenvalue weighted by atomic mass is 32.1. The van der Waals surface area contributed by atoms with Crippen LogP contribution in [0.15, 0.2) is 42.0 Å². The predicted molar refractivity (Wildman–Crippen MR) is 60.7 cm³/mol. The van der Waals surface area contributed by atoms with Gasteiger partial charge in [-0.05, 0) is 23.6 Å². The van der Waals surface area contributed by atoms with Crippen molar-refractivity contribution in [2.24, 2.45) is 0 Å². The molecule has 2 rings (SSSR count). The molecular weight excluding hydrogens is 192 g/mol. The molecule has 0 fully saturated rings. The summed E-state index contributed by atoms with van der Waals surface area (Å²) in [6.45, 7) is 0.960. The zero-order chi connectivity index (χ0) is 9.80. The van der Waals surface area contributed by atoms with Gasteiger partial charge in [0.2, 0.25) is 0 Å².